The number of methoxy groups -OCH3 is 1. The maximum Gasteiger partial charge on any atom is 0.252 e. The molecule has 8 nitrogen and oxygen atoms in total. The lowest BCUT2D eigenvalue weighted by Crippen LogP contribution is -2.32. The van der Waals surface area contributed by atoms with Gasteiger partial charge in [0.2, 0.25) is 0 Å². The first-order chi connectivity index (χ1) is 16.5. The normalized spacial score (nSPS) is 12.5. The molecule has 2 heterocycles. The van der Waals surface area contributed by atoms with Crippen LogP contribution in [0, 0.1) is 13.8 Å². The Bertz CT molecular complexity index is 1300. The second-order valence-electron chi connectivity index (χ2n) is 8.72. The number of ether oxygens (including phenoxy) is 1. The highest BCUT2D eigenvalue weighted by molar-refractivity contribution is 5.80. The molecule has 0 aliphatic rings. The van der Waals surface area contributed by atoms with Gasteiger partial charge < -0.3 is 9.72 Å². The van der Waals surface area contributed by atoms with E-state index in [1.807, 2.05) is 30.3 Å². The number of fused-ring (bicyclic) bond motifs is 1. The first-order valence-corrected chi connectivity index (χ1v) is 11.7. The molecular weight excluding hydrogens is 428 g/mol. The zero-order valence-corrected chi connectivity index (χ0v) is 20.3. The number of rotatable bonds is 10. The standard InChI is InChI=1S/C26H32N6O2/c1-5-24(25-28-29-30-32(25)11-12-34-4)31(16-20-9-7-6-8-10-20)17-22-15-21-13-18(2)19(3)14-23(21)27-26(22)33/h6-10,13-15,24H,5,11-12,16-17H2,1-4H3,(H,27,33). The molecule has 2 aromatic carbocycles. The van der Waals surface area contributed by atoms with Gasteiger partial charge in [0.15, 0.2) is 5.82 Å². The Labute approximate surface area is 199 Å². The highest BCUT2D eigenvalue weighted by atomic mass is 16.5. The number of nitrogens with zero attached hydrogens (tertiary/aromatic N) is 5. The van der Waals surface area contributed by atoms with E-state index in [2.05, 4.69) is 64.4 Å². The molecule has 0 radical (unpaired) electrons. The minimum Gasteiger partial charge on any atom is -0.383 e. The van der Waals surface area contributed by atoms with Crippen LogP contribution in [0.4, 0.5) is 0 Å². The van der Waals surface area contributed by atoms with Crippen LogP contribution in [-0.4, -0.2) is 43.8 Å². The molecule has 8 heteroatoms. The Morgan fingerprint density at radius 2 is 1.85 bits per heavy atom. The topological polar surface area (TPSA) is 88.9 Å². The lowest BCUT2D eigenvalue weighted by Gasteiger charge is -2.30. The second-order valence-corrected chi connectivity index (χ2v) is 8.72. The van der Waals surface area contributed by atoms with Gasteiger partial charge in [0.05, 0.1) is 19.2 Å². The molecule has 1 N–H and O–H groups in total. The first-order valence-electron chi connectivity index (χ1n) is 11.7. The Kier molecular flexibility index (Phi) is 7.49. The van der Waals surface area contributed by atoms with Gasteiger partial charge in [-0.3, -0.25) is 9.69 Å². The van der Waals surface area contributed by atoms with Gasteiger partial charge in [-0.05, 0) is 71.0 Å². The predicted octanol–water partition coefficient (Wildman–Crippen LogP) is 3.93. The fourth-order valence-electron chi connectivity index (χ4n) is 4.34. The number of hydrogen-bond acceptors (Lipinski definition) is 6. The smallest absolute Gasteiger partial charge is 0.252 e. The van der Waals surface area contributed by atoms with Crippen molar-refractivity contribution in [2.75, 3.05) is 13.7 Å². The summed E-state index contributed by atoms with van der Waals surface area (Å²) in [5.41, 5.74) is 5.05. The van der Waals surface area contributed by atoms with E-state index in [0.717, 1.165) is 34.3 Å². The van der Waals surface area contributed by atoms with Crippen LogP contribution in [0.1, 0.15) is 47.5 Å². The molecule has 4 aromatic rings. The molecular formula is C26H32N6O2. The summed E-state index contributed by atoms with van der Waals surface area (Å²) in [5, 5.41) is 13.5. The average Bonchev–Trinajstić information content (AvgIpc) is 3.29. The number of H-pyrrole nitrogens is 1. The maximum absolute atomic E-state index is 13.1. The third-order valence-electron chi connectivity index (χ3n) is 6.33. The molecule has 0 aliphatic carbocycles. The number of aromatic amines is 1. The number of hydrogen-bond donors (Lipinski definition) is 1. The SMILES string of the molecule is CCC(c1nnnn1CCOC)N(Cc1ccccc1)Cc1cc2cc(C)c(C)cc2[nH]c1=O. The van der Waals surface area contributed by atoms with Crippen LogP contribution in [0.25, 0.3) is 10.9 Å². The van der Waals surface area contributed by atoms with Gasteiger partial charge in [-0.2, -0.15) is 0 Å². The molecule has 4 rings (SSSR count). The van der Waals surface area contributed by atoms with E-state index in [4.69, 9.17) is 4.74 Å². The van der Waals surface area contributed by atoms with Crippen LogP contribution in [0.3, 0.4) is 0 Å². The summed E-state index contributed by atoms with van der Waals surface area (Å²) >= 11 is 0. The van der Waals surface area contributed by atoms with Crippen molar-refractivity contribution in [3.8, 4) is 0 Å². The second kappa shape index (κ2) is 10.7. The van der Waals surface area contributed by atoms with E-state index in [-0.39, 0.29) is 11.6 Å². The van der Waals surface area contributed by atoms with Crippen molar-refractivity contribution in [2.45, 2.75) is 52.9 Å². The number of tetrazole rings is 1. The molecule has 2 aromatic heterocycles. The molecule has 178 valence electrons. The Hall–Kier alpha value is -3.36. The van der Waals surface area contributed by atoms with Gasteiger partial charge in [-0.25, -0.2) is 4.68 Å². The molecule has 0 saturated carbocycles. The first kappa shape index (κ1) is 23.8. The van der Waals surface area contributed by atoms with E-state index < -0.39 is 0 Å². The quantitative estimate of drug-likeness (QED) is 0.386. The number of aromatic nitrogens is 5. The summed E-state index contributed by atoms with van der Waals surface area (Å²) in [6, 6.07) is 16.4. The number of benzene rings is 2. The number of nitrogens with one attached hydrogen (secondary N) is 1. The van der Waals surface area contributed by atoms with Gasteiger partial charge in [0.1, 0.15) is 0 Å². The van der Waals surface area contributed by atoms with Gasteiger partial charge in [0.25, 0.3) is 5.56 Å². The Morgan fingerprint density at radius 3 is 2.59 bits per heavy atom. The van der Waals surface area contributed by atoms with Crippen molar-refractivity contribution in [3.63, 3.8) is 0 Å². The van der Waals surface area contributed by atoms with E-state index >= 15 is 0 Å². The molecule has 34 heavy (non-hydrogen) atoms. The molecule has 1 atom stereocenters. The zero-order valence-electron chi connectivity index (χ0n) is 20.3. The van der Waals surface area contributed by atoms with Crippen molar-refractivity contribution in [3.05, 3.63) is 87.0 Å². The van der Waals surface area contributed by atoms with Crippen molar-refractivity contribution >= 4 is 10.9 Å². The van der Waals surface area contributed by atoms with Crippen molar-refractivity contribution in [2.24, 2.45) is 0 Å². The Morgan fingerprint density at radius 1 is 1.09 bits per heavy atom. The van der Waals surface area contributed by atoms with Crippen molar-refractivity contribution < 1.29 is 4.74 Å². The number of pyridine rings is 1. The van der Waals surface area contributed by atoms with Crippen LogP contribution in [0.2, 0.25) is 0 Å². The van der Waals surface area contributed by atoms with Crippen LogP contribution in [0.15, 0.2) is 53.3 Å². The van der Waals surface area contributed by atoms with Crippen molar-refractivity contribution in [1.29, 1.82) is 0 Å². The lowest BCUT2D eigenvalue weighted by molar-refractivity contribution is 0.151. The molecule has 0 spiro atoms. The van der Waals surface area contributed by atoms with Crippen molar-refractivity contribution in [1.82, 2.24) is 30.1 Å². The lowest BCUT2D eigenvalue weighted by atomic mass is 10.0. The fraction of sp³-hybridized carbons (Fsp3) is 0.385. The minimum absolute atomic E-state index is 0.0670. The highest BCUT2D eigenvalue weighted by Gasteiger charge is 2.26. The summed E-state index contributed by atoms with van der Waals surface area (Å²) in [6.07, 6.45) is 0.796. The largest absolute Gasteiger partial charge is 0.383 e. The van der Waals surface area contributed by atoms with Gasteiger partial charge in [-0.15, -0.1) is 5.10 Å². The van der Waals surface area contributed by atoms with E-state index in [9.17, 15) is 4.79 Å². The third-order valence-corrected chi connectivity index (χ3v) is 6.33. The summed E-state index contributed by atoms with van der Waals surface area (Å²) < 4.78 is 7.03. The predicted molar refractivity (Wildman–Crippen MR) is 132 cm³/mol. The molecule has 0 bridgehead atoms. The molecule has 0 amide bonds. The van der Waals surface area contributed by atoms with E-state index in [0.29, 0.717) is 26.2 Å². The summed E-state index contributed by atoms with van der Waals surface area (Å²) in [6.45, 7) is 8.51. The molecule has 0 aliphatic heterocycles. The molecule has 0 fully saturated rings. The van der Waals surface area contributed by atoms with Gasteiger partial charge in [-0.1, -0.05) is 37.3 Å². The summed E-state index contributed by atoms with van der Waals surface area (Å²) in [7, 11) is 1.66. The van der Waals surface area contributed by atoms with E-state index in [1.165, 1.54) is 11.1 Å². The maximum atomic E-state index is 13.1. The van der Waals surface area contributed by atoms with Gasteiger partial charge in [0, 0.05) is 31.3 Å². The van der Waals surface area contributed by atoms with Crippen LogP contribution >= 0.6 is 0 Å². The fourth-order valence-corrected chi connectivity index (χ4v) is 4.34. The monoisotopic (exact) mass is 460 g/mol. The van der Waals surface area contributed by atoms with Crippen LogP contribution in [0.5, 0.6) is 0 Å². The zero-order chi connectivity index (χ0) is 24.1. The minimum atomic E-state index is -0.0677. The van der Waals surface area contributed by atoms with E-state index in [1.54, 1.807) is 11.8 Å². The summed E-state index contributed by atoms with van der Waals surface area (Å²) in [4.78, 5) is 18.4. The number of aryl methyl sites for hydroxylation is 2. The average molecular weight is 461 g/mol. The molecule has 1 unspecified atom stereocenters. The van der Waals surface area contributed by atoms with Crippen LogP contribution < -0.4 is 5.56 Å². The summed E-state index contributed by atoms with van der Waals surface area (Å²) in [5.74, 6) is 0.777. The van der Waals surface area contributed by atoms with Gasteiger partial charge >= 0.3 is 0 Å². The van der Waals surface area contributed by atoms with Crippen LogP contribution in [-0.2, 0) is 24.4 Å². The molecule has 0 saturated heterocycles. The highest BCUT2D eigenvalue weighted by Crippen LogP contribution is 2.27. The third kappa shape index (κ3) is 5.24. The Balaban J connectivity index is 1.73.